The van der Waals surface area contributed by atoms with E-state index in [4.69, 9.17) is 4.74 Å². The molecule has 0 bridgehead atoms. The van der Waals surface area contributed by atoms with Gasteiger partial charge in [0.25, 0.3) is 5.91 Å². The lowest BCUT2D eigenvalue weighted by Crippen LogP contribution is -2.25. The molecule has 0 spiro atoms. The predicted molar refractivity (Wildman–Crippen MR) is 88.5 cm³/mol. The molecule has 2 rings (SSSR count). The number of hydrogen-bond acceptors (Lipinski definition) is 7. The first-order chi connectivity index (χ1) is 11.9. The number of carbonyl (C=O) groups is 1. The van der Waals surface area contributed by atoms with E-state index in [2.05, 4.69) is 10.5 Å². The van der Waals surface area contributed by atoms with E-state index in [1.165, 1.54) is 13.2 Å². The molecule has 1 atom stereocenters. The molecule has 0 fully saturated rings. The van der Waals surface area contributed by atoms with Crippen LogP contribution in [-0.4, -0.2) is 34.4 Å². The second-order valence-electron chi connectivity index (χ2n) is 4.90. The Bertz CT molecular complexity index is 807. The number of aliphatic hydroxyl groups excluding tert-OH is 1. The van der Waals surface area contributed by atoms with Gasteiger partial charge in [-0.25, -0.2) is 5.43 Å². The number of nitro groups is 1. The molecule has 1 amide bonds. The average Bonchev–Trinajstić information content (AvgIpc) is 2.62. The van der Waals surface area contributed by atoms with Crippen LogP contribution >= 0.6 is 0 Å². The van der Waals surface area contributed by atoms with Gasteiger partial charge in [0.15, 0.2) is 11.9 Å². The van der Waals surface area contributed by atoms with Crippen LogP contribution in [0, 0.1) is 10.1 Å². The van der Waals surface area contributed by atoms with E-state index in [1.807, 2.05) is 0 Å². The lowest BCUT2D eigenvalue weighted by molar-refractivity contribution is -0.386. The maximum Gasteiger partial charge on any atom is 0.315 e. The van der Waals surface area contributed by atoms with Crippen molar-refractivity contribution in [1.29, 1.82) is 0 Å². The summed E-state index contributed by atoms with van der Waals surface area (Å²) in [4.78, 5) is 22.0. The molecule has 9 nitrogen and oxygen atoms in total. The van der Waals surface area contributed by atoms with Crippen LogP contribution in [0.4, 0.5) is 5.69 Å². The smallest absolute Gasteiger partial charge is 0.315 e. The largest absolute Gasteiger partial charge is 0.500 e. The Labute approximate surface area is 142 Å². The summed E-state index contributed by atoms with van der Waals surface area (Å²) in [6.07, 6.45) is -0.271. The highest BCUT2D eigenvalue weighted by molar-refractivity contribution is 5.86. The van der Waals surface area contributed by atoms with Crippen LogP contribution in [0.1, 0.15) is 17.2 Å². The van der Waals surface area contributed by atoms with Crippen LogP contribution < -0.4 is 10.2 Å². The lowest BCUT2D eigenvalue weighted by Gasteiger charge is -2.08. The van der Waals surface area contributed by atoms with Gasteiger partial charge in [0.1, 0.15) is 0 Å². The molecule has 0 saturated heterocycles. The molecule has 0 heterocycles. The van der Waals surface area contributed by atoms with Crippen molar-refractivity contribution in [2.24, 2.45) is 5.10 Å². The molecule has 0 aliphatic rings. The summed E-state index contributed by atoms with van der Waals surface area (Å²) in [7, 11) is 1.25. The molecule has 3 N–H and O–H groups in total. The molecule has 0 aliphatic carbocycles. The number of aromatic hydroxyl groups is 1. The second kappa shape index (κ2) is 7.88. The number of benzene rings is 2. The number of carbonyl (C=O) groups excluding carboxylic acids is 1. The average molecular weight is 345 g/mol. The highest BCUT2D eigenvalue weighted by Gasteiger charge is 2.19. The van der Waals surface area contributed by atoms with Crippen LogP contribution in [0.25, 0.3) is 0 Å². The minimum atomic E-state index is -1.40. The summed E-state index contributed by atoms with van der Waals surface area (Å²) in [5, 5.41) is 34.1. The third-order valence-electron chi connectivity index (χ3n) is 3.25. The van der Waals surface area contributed by atoms with Gasteiger partial charge in [0.05, 0.1) is 18.2 Å². The number of hydrogen-bond donors (Lipinski definition) is 3. The number of amides is 1. The van der Waals surface area contributed by atoms with Crippen LogP contribution in [0.15, 0.2) is 47.6 Å². The van der Waals surface area contributed by atoms with E-state index in [9.17, 15) is 25.1 Å². The summed E-state index contributed by atoms with van der Waals surface area (Å²) >= 11 is 0. The highest BCUT2D eigenvalue weighted by Crippen LogP contribution is 2.36. The molecule has 25 heavy (non-hydrogen) atoms. The second-order valence-corrected chi connectivity index (χ2v) is 4.90. The number of nitrogens with one attached hydrogen (secondary N) is 1. The van der Waals surface area contributed by atoms with E-state index < -0.39 is 28.4 Å². The Morgan fingerprint density at radius 2 is 2.04 bits per heavy atom. The number of hydrazone groups is 1. The van der Waals surface area contributed by atoms with Gasteiger partial charge in [0, 0.05) is 11.6 Å². The normalized spacial score (nSPS) is 11.9. The molecular weight excluding hydrogens is 330 g/mol. The maximum absolute atomic E-state index is 11.8. The van der Waals surface area contributed by atoms with Gasteiger partial charge in [-0.05, 0) is 11.6 Å². The molecule has 0 saturated carbocycles. The lowest BCUT2D eigenvalue weighted by atomic mass is 10.1. The van der Waals surface area contributed by atoms with Gasteiger partial charge in [-0.15, -0.1) is 0 Å². The highest BCUT2D eigenvalue weighted by atomic mass is 16.6. The summed E-state index contributed by atoms with van der Waals surface area (Å²) in [5.74, 6) is -1.47. The molecule has 2 aromatic carbocycles. The molecule has 9 heteroatoms. The number of ether oxygens (including phenoxy) is 1. The van der Waals surface area contributed by atoms with Crippen molar-refractivity contribution >= 4 is 17.8 Å². The zero-order valence-corrected chi connectivity index (χ0v) is 13.1. The van der Waals surface area contributed by atoms with E-state index in [0.717, 1.165) is 12.3 Å². The van der Waals surface area contributed by atoms with Crippen molar-refractivity contribution in [2.75, 3.05) is 7.11 Å². The van der Waals surface area contributed by atoms with Crippen molar-refractivity contribution in [3.05, 3.63) is 63.7 Å². The Morgan fingerprint density at radius 1 is 1.36 bits per heavy atom. The number of aliphatic hydroxyl groups is 1. The molecule has 0 radical (unpaired) electrons. The molecule has 1 unspecified atom stereocenters. The molecule has 0 aromatic heterocycles. The van der Waals surface area contributed by atoms with Gasteiger partial charge in [-0.2, -0.15) is 5.10 Å². The summed E-state index contributed by atoms with van der Waals surface area (Å²) in [6.45, 7) is 0. The van der Waals surface area contributed by atoms with Crippen molar-refractivity contribution in [3.8, 4) is 11.5 Å². The van der Waals surface area contributed by atoms with E-state index in [0.29, 0.717) is 5.56 Å². The zero-order valence-electron chi connectivity index (χ0n) is 13.1. The Morgan fingerprint density at radius 3 is 2.64 bits per heavy atom. The van der Waals surface area contributed by atoms with Gasteiger partial charge < -0.3 is 14.9 Å². The quantitative estimate of drug-likeness (QED) is 0.412. The monoisotopic (exact) mass is 345 g/mol. The first-order valence-corrected chi connectivity index (χ1v) is 7.05. The standard InChI is InChI=1S/C16H15N3O6/c1-25-13-8-10(7-12(15(13)21)19(23)24)9-17-18-16(22)14(20)11-5-3-2-4-6-11/h2-9,14,20-21H,1H3,(H,18,22). The Hall–Kier alpha value is -3.46. The van der Waals surface area contributed by atoms with Crippen LogP contribution in [0.3, 0.4) is 0 Å². The SMILES string of the molecule is COc1cc(C=NNC(=O)C(O)c2ccccc2)cc([N+](=O)[O-])c1O. The summed E-state index contributed by atoms with van der Waals surface area (Å²) in [6, 6.07) is 10.7. The van der Waals surface area contributed by atoms with Crippen LogP contribution in [-0.2, 0) is 4.79 Å². The first-order valence-electron chi connectivity index (χ1n) is 7.05. The predicted octanol–water partition coefficient (Wildman–Crippen LogP) is 1.49. The van der Waals surface area contributed by atoms with Gasteiger partial charge in [-0.3, -0.25) is 14.9 Å². The minimum Gasteiger partial charge on any atom is -0.500 e. The zero-order chi connectivity index (χ0) is 18.4. The third kappa shape index (κ3) is 4.30. The van der Waals surface area contributed by atoms with Crippen molar-refractivity contribution in [3.63, 3.8) is 0 Å². The summed E-state index contributed by atoms with van der Waals surface area (Å²) in [5.41, 5.74) is 2.20. The fourth-order valence-electron chi connectivity index (χ4n) is 2.00. The Kier molecular flexibility index (Phi) is 5.64. The van der Waals surface area contributed by atoms with E-state index in [1.54, 1.807) is 30.3 Å². The topological polar surface area (TPSA) is 134 Å². The molecule has 0 aliphatic heterocycles. The van der Waals surface area contributed by atoms with E-state index in [-0.39, 0.29) is 11.3 Å². The summed E-state index contributed by atoms with van der Waals surface area (Å²) < 4.78 is 4.86. The number of phenols is 1. The Balaban J connectivity index is 2.13. The number of nitro benzene ring substituents is 1. The number of nitrogens with zero attached hydrogens (tertiary/aromatic N) is 2. The van der Waals surface area contributed by atoms with Crippen LogP contribution in [0.5, 0.6) is 11.5 Å². The number of phenolic OH excluding ortho intramolecular Hbond substituents is 1. The minimum absolute atomic E-state index is 0.105. The molecule has 130 valence electrons. The number of methoxy groups -OCH3 is 1. The molecule has 2 aromatic rings. The van der Waals surface area contributed by atoms with Crippen molar-refractivity contribution < 1.29 is 24.7 Å². The van der Waals surface area contributed by atoms with Gasteiger partial charge in [0.2, 0.25) is 5.75 Å². The maximum atomic E-state index is 11.8. The third-order valence-corrected chi connectivity index (χ3v) is 3.25. The van der Waals surface area contributed by atoms with Crippen LogP contribution in [0.2, 0.25) is 0 Å². The fourth-order valence-corrected chi connectivity index (χ4v) is 2.00. The fraction of sp³-hybridized carbons (Fsp3) is 0.125. The van der Waals surface area contributed by atoms with Crippen molar-refractivity contribution in [1.82, 2.24) is 5.43 Å². The van der Waals surface area contributed by atoms with Gasteiger partial charge in [-0.1, -0.05) is 30.3 Å². The van der Waals surface area contributed by atoms with Crippen molar-refractivity contribution in [2.45, 2.75) is 6.10 Å². The van der Waals surface area contributed by atoms with E-state index >= 15 is 0 Å². The molecular formula is C16H15N3O6. The first kappa shape index (κ1) is 17.9. The number of rotatable bonds is 6. The van der Waals surface area contributed by atoms with Gasteiger partial charge >= 0.3 is 5.69 Å².